The third kappa shape index (κ3) is 7.89. The van der Waals surface area contributed by atoms with Crippen molar-refractivity contribution in [2.24, 2.45) is 0 Å². The molecule has 18 heavy (non-hydrogen) atoms. The summed E-state index contributed by atoms with van der Waals surface area (Å²) >= 11 is 0. The van der Waals surface area contributed by atoms with Crippen LogP contribution in [0.25, 0.3) is 0 Å². The minimum Gasteiger partial charge on any atom is -0.0991 e. The number of allylic oxidation sites excluding steroid dienone is 8. The molecule has 0 nitrogen and oxygen atoms in total. The van der Waals surface area contributed by atoms with E-state index in [-0.39, 0.29) is 0 Å². The zero-order chi connectivity index (χ0) is 14.4. The highest BCUT2D eigenvalue weighted by Crippen LogP contribution is 2.25. The fourth-order valence-corrected chi connectivity index (χ4v) is 1.53. The van der Waals surface area contributed by atoms with Crippen molar-refractivity contribution in [1.29, 1.82) is 0 Å². The predicted octanol–water partition coefficient (Wildman–Crippen LogP) is 6.39. The van der Waals surface area contributed by atoms with Gasteiger partial charge in [-0.1, -0.05) is 83.7 Å². The van der Waals surface area contributed by atoms with E-state index in [1.807, 2.05) is 39.8 Å². The second-order valence-electron chi connectivity index (χ2n) is 3.49. The normalized spacial score (nSPS) is 13.4. The molecule has 1 aliphatic carbocycles. The summed E-state index contributed by atoms with van der Waals surface area (Å²) in [7, 11) is 0. The lowest BCUT2D eigenvalue weighted by Gasteiger charge is -2.13. The van der Waals surface area contributed by atoms with Gasteiger partial charge in [-0.05, 0) is 30.4 Å². The molecular weight excluding hydrogens is 216 g/mol. The molecule has 0 atom stereocenters. The van der Waals surface area contributed by atoms with Gasteiger partial charge in [-0.15, -0.1) is 0 Å². The van der Waals surface area contributed by atoms with Gasteiger partial charge < -0.3 is 0 Å². The second-order valence-corrected chi connectivity index (χ2v) is 3.49. The molecule has 0 radical (unpaired) electrons. The molecule has 0 heterocycles. The maximum atomic E-state index is 4.03. The molecule has 0 aromatic heterocycles. The molecule has 0 saturated heterocycles. The van der Waals surface area contributed by atoms with Gasteiger partial charge in [0.1, 0.15) is 0 Å². The molecule has 0 spiro atoms. The van der Waals surface area contributed by atoms with E-state index in [0.29, 0.717) is 0 Å². The van der Waals surface area contributed by atoms with Crippen LogP contribution in [-0.2, 0) is 0 Å². The van der Waals surface area contributed by atoms with Gasteiger partial charge in [0.05, 0.1) is 0 Å². The van der Waals surface area contributed by atoms with Gasteiger partial charge >= 0.3 is 0 Å². The quantitative estimate of drug-likeness (QED) is 0.504. The lowest BCUT2D eigenvalue weighted by atomic mass is 9.92. The van der Waals surface area contributed by atoms with Gasteiger partial charge in [0.25, 0.3) is 0 Å². The van der Waals surface area contributed by atoms with Crippen molar-refractivity contribution in [2.45, 2.75) is 53.9 Å². The van der Waals surface area contributed by atoms with Crippen molar-refractivity contribution < 1.29 is 0 Å². The molecule has 102 valence electrons. The van der Waals surface area contributed by atoms with Crippen LogP contribution in [0.4, 0.5) is 0 Å². The Kier molecular flexibility index (Phi) is 14.6. The number of hydrogen-bond acceptors (Lipinski definition) is 0. The second kappa shape index (κ2) is 13.8. The molecule has 0 bridgehead atoms. The van der Waals surface area contributed by atoms with E-state index in [2.05, 4.69) is 32.2 Å². The predicted molar refractivity (Wildman–Crippen MR) is 86.9 cm³/mol. The van der Waals surface area contributed by atoms with Gasteiger partial charge in [0, 0.05) is 0 Å². The number of rotatable bonds is 4. The Balaban J connectivity index is 0. The van der Waals surface area contributed by atoms with Crippen molar-refractivity contribution in [2.75, 3.05) is 0 Å². The van der Waals surface area contributed by atoms with Crippen LogP contribution in [0.5, 0.6) is 0 Å². The number of hydrogen-bond donors (Lipinski definition) is 0. The van der Waals surface area contributed by atoms with Crippen LogP contribution in [0, 0.1) is 0 Å². The molecule has 1 aliphatic rings. The molecule has 0 N–H and O–H groups in total. The fraction of sp³-hybridized carbons (Fsp3) is 0.444. The first-order chi connectivity index (χ1) is 8.77. The summed E-state index contributed by atoms with van der Waals surface area (Å²) in [5.41, 5.74) is 3.99. The molecule has 0 amide bonds. The van der Waals surface area contributed by atoms with E-state index >= 15 is 0 Å². The first-order valence-corrected chi connectivity index (χ1v) is 7.15. The van der Waals surface area contributed by atoms with Crippen LogP contribution >= 0.6 is 0 Å². The zero-order valence-corrected chi connectivity index (χ0v) is 12.9. The topological polar surface area (TPSA) is 0 Å². The highest BCUT2D eigenvalue weighted by molar-refractivity contribution is 5.42. The van der Waals surface area contributed by atoms with Crippen LogP contribution < -0.4 is 0 Å². The van der Waals surface area contributed by atoms with Gasteiger partial charge in [-0.2, -0.15) is 0 Å². The fourth-order valence-electron chi connectivity index (χ4n) is 1.53. The first-order valence-electron chi connectivity index (χ1n) is 7.15. The molecule has 1 rings (SSSR count). The third-order valence-corrected chi connectivity index (χ3v) is 2.54. The summed E-state index contributed by atoms with van der Waals surface area (Å²) in [4.78, 5) is 0. The van der Waals surface area contributed by atoms with Crippen molar-refractivity contribution in [3.63, 3.8) is 0 Å². The molecular formula is C18H30. The maximum absolute atomic E-state index is 4.03. The van der Waals surface area contributed by atoms with E-state index in [1.54, 1.807) is 6.08 Å². The van der Waals surface area contributed by atoms with Gasteiger partial charge in [0.2, 0.25) is 0 Å². The van der Waals surface area contributed by atoms with E-state index in [9.17, 15) is 0 Å². The molecule has 0 fully saturated rings. The monoisotopic (exact) mass is 246 g/mol. The first kappa shape index (κ1) is 19.0. The van der Waals surface area contributed by atoms with Crippen LogP contribution in [0.15, 0.2) is 60.3 Å². The van der Waals surface area contributed by atoms with E-state index in [0.717, 1.165) is 12.0 Å². The molecule has 0 aliphatic heterocycles. The lowest BCUT2D eigenvalue weighted by Crippen LogP contribution is -1.93. The molecule has 0 heteroatoms. The van der Waals surface area contributed by atoms with Crippen molar-refractivity contribution >= 4 is 0 Å². The zero-order valence-electron chi connectivity index (χ0n) is 12.9. The SMILES string of the molecule is C=C/C=C\C(=C)C1=CC=C(CC)CC1.CC.CC. The Bertz CT molecular complexity index is 311. The van der Waals surface area contributed by atoms with Gasteiger partial charge in [0.15, 0.2) is 0 Å². The van der Waals surface area contributed by atoms with Crippen LogP contribution in [0.3, 0.4) is 0 Å². The molecule has 0 unspecified atom stereocenters. The summed E-state index contributed by atoms with van der Waals surface area (Å²) < 4.78 is 0. The molecule has 0 aromatic rings. The maximum Gasteiger partial charge on any atom is -0.0236 e. The summed E-state index contributed by atoms with van der Waals surface area (Å²) in [5, 5.41) is 0. The largest absolute Gasteiger partial charge is 0.0991 e. The standard InChI is InChI=1S/C14H18.2C2H6/c1-4-6-7-12(3)14-10-8-13(5-2)9-11-14;2*1-2/h4,6-8,10H,1,3,5,9,11H2,2H3;2*1-2H3/b7-6-;;. The van der Waals surface area contributed by atoms with Gasteiger partial charge in [-0.25, -0.2) is 0 Å². The van der Waals surface area contributed by atoms with Crippen LogP contribution in [-0.4, -0.2) is 0 Å². The van der Waals surface area contributed by atoms with Crippen LogP contribution in [0.1, 0.15) is 53.9 Å². The molecule has 0 aromatic carbocycles. The minimum absolute atomic E-state index is 1.11. The van der Waals surface area contributed by atoms with Gasteiger partial charge in [-0.3, -0.25) is 0 Å². The summed E-state index contributed by atoms with van der Waals surface area (Å²) in [6.45, 7) is 17.9. The lowest BCUT2D eigenvalue weighted by molar-refractivity contribution is 0.867. The van der Waals surface area contributed by atoms with Crippen LogP contribution in [0.2, 0.25) is 0 Å². The van der Waals surface area contributed by atoms with Crippen molar-refractivity contribution in [3.8, 4) is 0 Å². The van der Waals surface area contributed by atoms with Crippen molar-refractivity contribution in [1.82, 2.24) is 0 Å². The summed E-state index contributed by atoms with van der Waals surface area (Å²) in [6.07, 6.45) is 13.6. The summed E-state index contributed by atoms with van der Waals surface area (Å²) in [6, 6.07) is 0. The smallest absolute Gasteiger partial charge is 0.0236 e. The van der Waals surface area contributed by atoms with E-state index < -0.39 is 0 Å². The Labute approximate surface area is 115 Å². The third-order valence-electron chi connectivity index (χ3n) is 2.54. The average Bonchev–Trinajstić information content (AvgIpc) is 2.49. The highest BCUT2D eigenvalue weighted by Gasteiger charge is 2.05. The van der Waals surface area contributed by atoms with E-state index in [4.69, 9.17) is 0 Å². The molecule has 0 saturated carbocycles. The Hall–Kier alpha value is -1.30. The Morgan fingerprint density at radius 3 is 2.17 bits per heavy atom. The minimum atomic E-state index is 1.11. The van der Waals surface area contributed by atoms with Crippen molar-refractivity contribution in [3.05, 3.63) is 60.3 Å². The van der Waals surface area contributed by atoms with E-state index in [1.165, 1.54) is 24.0 Å². The highest BCUT2D eigenvalue weighted by atomic mass is 14.1. The Morgan fingerprint density at radius 2 is 1.78 bits per heavy atom. The Morgan fingerprint density at radius 1 is 1.17 bits per heavy atom. The summed E-state index contributed by atoms with van der Waals surface area (Å²) in [5.74, 6) is 0. The average molecular weight is 246 g/mol.